The van der Waals surface area contributed by atoms with E-state index in [-0.39, 0.29) is 17.9 Å². The highest BCUT2D eigenvalue weighted by Crippen LogP contribution is 2.26. The molecule has 0 aromatic heterocycles. The number of aryl methyl sites for hydroxylation is 1. The number of likely N-dealkylation sites (tertiary alicyclic amines) is 1. The molecule has 1 heterocycles. The lowest BCUT2D eigenvalue weighted by Crippen LogP contribution is -2.41. The molecule has 0 aliphatic carbocycles. The molecule has 4 nitrogen and oxygen atoms in total. The van der Waals surface area contributed by atoms with Gasteiger partial charge in [-0.3, -0.25) is 9.69 Å². The van der Waals surface area contributed by atoms with E-state index in [1.54, 1.807) is 7.11 Å². The second kappa shape index (κ2) is 10.6. The molecule has 2 aromatic rings. The van der Waals surface area contributed by atoms with E-state index < -0.39 is 0 Å². The second-order valence-corrected chi connectivity index (χ2v) is 9.00. The molecule has 0 saturated carbocycles. The van der Waals surface area contributed by atoms with Crippen molar-refractivity contribution in [1.29, 1.82) is 0 Å². The van der Waals surface area contributed by atoms with Crippen molar-refractivity contribution in [1.82, 2.24) is 10.2 Å². The first-order valence-electron chi connectivity index (χ1n) is 11.2. The molecule has 2 aromatic carbocycles. The van der Waals surface area contributed by atoms with Crippen LogP contribution in [-0.2, 0) is 11.3 Å². The number of benzene rings is 2. The monoisotopic (exact) mass is 408 g/mol. The maximum Gasteiger partial charge on any atom is 0.223 e. The van der Waals surface area contributed by atoms with Crippen LogP contribution in [-0.4, -0.2) is 31.0 Å². The molecule has 3 rings (SSSR count). The van der Waals surface area contributed by atoms with Gasteiger partial charge in [-0.05, 0) is 68.5 Å². The van der Waals surface area contributed by atoms with Gasteiger partial charge in [0.25, 0.3) is 0 Å². The van der Waals surface area contributed by atoms with Gasteiger partial charge < -0.3 is 10.1 Å². The predicted molar refractivity (Wildman–Crippen MR) is 123 cm³/mol. The van der Waals surface area contributed by atoms with E-state index >= 15 is 0 Å². The summed E-state index contributed by atoms with van der Waals surface area (Å²) in [6.07, 6.45) is 2.79. The van der Waals surface area contributed by atoms with E-state index in [4.69, 9.17) is 4.74 Å². The average molecular weight is 409 g/mol. The zero-order valence-electron chi connectivity index (χ0n) is 18.9. The molecule has 0 radical (unpaired) electrons. The molecule has 30 heavy (non-hydrogen) atoms. The maximum absolute atomic E-state index is 13.0. The van der Waals surface area contributed by atoms with Crippen LogP contribution in [0.3, 0.4) is 0 Å². The Morgan fingerprint density at radius 1 is 1.07 bits per heavy atom. The fourth-order valence-corrected chi connectivity index (χ4v) is 4.18. The predicted octanol–water partition coefficient (Wildman–Crippen LogP) is 5.12. The van der Waals surface area contributed by atoms with Crippen molar-refractivity contribution in [3.05, 3.63) is 65.2 Å². The molecular weight excluding hydrogens is 372 g/mol. The van der Waals surface area contributed by atoms with Crippen LogP contribution < -0.4 is 10.1 Å². The molecule has 4 heteroatoms. The Morgan fingerprint density at radius 2 is 1.70 bits per heavy atom. The fourth-order valence-electron chi connectivity index (χ4n) is 4.18. The minimum Gasteiger partial charge on any atom is -0.497 e. The van der Waals surface area contributed by atoms with Crippen molar-refractivity contribution < 1.29 is 9.53 Å². The summed E-state index contributed by atoms with van der Waals surface area (Å²) < 4.78 is 5.27. The zero-order valence-corrected chi connectivity index (χ0v) is 18.9. The van der Waals surface area contributed by atoms with Crippen molar-refractivity contribution in [3.63, 3.8) is 0 Å². The molecule has 0 bridgehead atoms. The molecule has 0 spiro atoms. The lowest BCUT2D eigenvalue weighted by molar-refractivity contribution is -0.127. The van der Waals surface area contributed by atoms with Crippen molar-refractivity contribution in [2.24, 2.45) is 11.8 Å². The van der Waals surface area contributed by atoms with Gasteiger partial charge in [0.2, 0.25) is 5.91 Å². The van der Waals surface area contributed by atoms with Gasteiger partial charge in [-0.2, -0.15) is 0 Å². The molecule has 1 unspecified atom stereocenters. The number of carbonyl (C=O) groups excluding carboxylic acids is 1. The summed E-state index contributed by atoms with van der Waals surface area (Å²) in [5, 5.41) is 3.34. The Kier molecular flexibility index (Phi) is 7.92. The van der Waals surface area contributed by atoms with Gasteiger partial charge in [-0.25, -0.2) is 0 Å². The highest BCUT2D eigenvalue weighted by Gasteiger charge is 2.27. The number of amides is 1. The third-order valence-corrected chi connectivity index (χ3v) is 6.03. The standard InChI is InChI=1S/C26H36N2O2/c1-19(2)17-25(22-9-11-24(30-4)12-10-22)27-26(29)23-13-15-28(16-14-23)18-21-7-5-20(3)6-8-21/h5-12,19,23,25H,13-18H2,1-4H3,(H,27,29). The minimum absolute atomic E-state index is 0.0500. The normalized spacial score (nSPS) is 16.4. The summed E-state index contributed by atoms with van der Waals surface area (Å²) in [5.74, 6) is 1.65. The Morgan fingerprint density at radius 3 is 2.27 bits per heavy atom. The quantitative estimate of drug-likeness (QED) is 0.659. The zero-order chi connectivity index (χ0) is 21.5. The maximum atomic E-state index is 13.0. The molecular formula is C26H36N2O2. The minimum atomic E-state index is 0.0500. The smallest absolute Gasteiger partial charge is 0.223 e. The number of ether oxygens (including phenoxy) is 1. The van der Waals surface area contributed by atoms with Crippen LogP contribution in [0.4, 0.5) is 0 Å². The van der Waals surface area contributed by atoms with Gasteiger partial charge in [0, 0.05) is 12.5 Å². The summed E-state index contributed by atoms with van der Waals surface area (Å²) >= 11 is 0. The molecule has 1 fully saturated rings. The lowest BCUT2D eigenvalue weighted by atomic mass is 9.92. The molecule has 1 atom stereocenters. The second-order valence-electron chi connectivity index (χ2n) is 9.00. The summed E-state index contributed by atoms with van der Waals surface area (Å²) in [6.45, 7) is 9.44. The third kappa shape index (κ3) is 6.33. The van der Waals surface area contributed by atoms with Crippen molar-refractivity contribution in [2.45, 2.75) is 52.6 Å². The first-order valence-corrected chi connectivity index (χ1v) is 11.2. The molecule has 1 saturated heterocycles. The van der Waals surface area contributed by atoms with Gasteiger partial charge >= 0.3 is 0 Å². The van der Waals surface area contributed by atoms with E-state index in [0.29, 0.717) is 5.92 Å². The Balaban J connectivity index is 1.55. The Bertz CT molecular complexity index is 791. The van der Waals surface area contributed by atoms with E-state index in [1.165, 1.54) is 11.1 Å². The lowest BCUT2D eigenvalue weighted by Gasteiger charge is -2.32. The summed E-state index contributed by atoms with van der Waals surface area (Å²) in [5.41, 5.74) is 3.79. The highest BCUT2D eigenvalue weighted by atomic mass is 16.5. The SMILES string of the molecule is COc1ccc(C(CC(C)C)NC(=O)C2CCN(Cc3ccc(C)cc3)CC2)cc1. The Hall–Kier alpha value is -2.33. The number of carbonyl (C=O) groups is 1. The van der Waals surface area contributed by atoms with Gasteiger partial charge in [-0.1, -0.05) is 55.8 Å². The van der Waals surface area contributed by atoms with Crippen LogP contribution in [0.5, 0.6) is 5.75 Å². The molecule has 1 aliphatic heterocycles. The third-order valence-electron chi connectivity index (χ3n) is 6.03. The number of nitrogens with one attached hydrogen (secondary N) is 1. The summed E-state index contributed by atoms with van der Waals surface area (Å²) in [4.78, 5) is 15.5. The number of methoxy groups -OCH3 is 1. The van der Waals surface area contributed by atoms with Crippen LogP contribution >= 0.6 is 0 Å². The van der Waals surface area contributed by atoms with Crippen LogP contribution in [0, 0.1) is 18.8 Å². The summed E-state index contributed by atoms with van der Waals surface area (Å²) in [6, 6.07) is 16.9. The van der Waals surface area contributed by atoms with Crippen LogP contribution in [0.1, 0.15) is 55.8 Å². The van der Waals surface area contributed by atoms with Gasteiger partial charge in [-0.15, -0.1) is 0 Å². The summed E-state index contributed by atoms with van der Waals surface area (Å²) in [7, 11) is 1.67. The van der Waals surface area contributed by atoms with Crippen molar-refractivity contribution >= 4 is 5.91 Å². The van der Waals surface area contributed by atoms with Gasteiger partial charge in [0.1, 0.15) is 5.75 Å². The fraction of sp³-hybridized carbons (Fsp3) is 0.500. The van der Waals surface area contributed by atoms with Gasteiger partial charge in [0.15, 0.2) is 0 Å². The van der Waals surface area contributed by atoms with E-state index in [2.05, 4.69) is 67.4 Å². The number of rotatable bonds is 8. The van der Waals surface area contributed by atoms with E-state index in [9.17, 15) is 4.79 Å². The van der Waals surface area contributed by atoms with Gasteiger partial charge in [0.05, 0.1) is 13.2 Å². The average Bonchev–Trinajstić information content (AvgIpc) is 2.75. The number of hydrogen-bond acceptors (Lipinski definition) is 3. The first-order chi connectivity index (χ1) is 14.4. The number of piperidine rings is 1. The number of nitrogens with zero attached hydrogens (tertiary/aromatic N) is 1. The largest absolute Gasteiger partial charge is 0.497 e. The topological polar surface area (TPSA) is 41.6 Å². The van der Waals surface area contributed by atoms with E-state index in [0.717, 1.165) is 50.2 Å². The Labute approximate surface area is 181 Å². The highest BCUT2D eigenvalue weighted by molar-refractivity contribution is 5.79. The van der Waals surface area contributed by atoms with E-state index in [1.807, 2.05) is 12.1 Å². The van der Waals surface area contributed by atoms with Crippen molar-refractivity contribution in [3.8, 4) is 5.75 Å². The first kappa shape index (κ1) is 22.4. The van der Waals surface area contributed by atoms with Crippen LogP contribution in [0.15, 0.2) is 48.5 Å². The van der Waals surface area contributed by atoms with Crippen LogP contribution in [0.25, 0.3) is 0 Å². The van der Waals surface area contributed by atoms with Crippen molar-refractivity contribution in [2.75, 3.05) is 20.2 Å². The van der Waals surface area contributed by atoms with Crippen LogP contribution in [0.2, 0.25) is 0 Å². The number of hydrogen-bond donors (Lipinski definition) is 1. The molecule has 1 aliphatic rings. The molecule has 162 valence electrons. The molecule has 1 N–H and O–H groups in total. The molecule has 1 amide bonds.